The van der Waals surface area contributed by atoms with E-state index in [1.165, 1.54) is 26.0 Å². The predicted molar refractivity (Wildman–Crippen MR) is 92.4 cm³/mol. The van der Waals surface area contributed by atoms with Crippen molar-refractivity contribution in [1.82, 2.24) is 10.3 Å². The minimum Gasteiger partial charge on any atom is -0.302 e. The Morgan fingerprint density at radius 2 is 2.10 bits per heavy atom. The molecule has 21 heavy (non-hydrogen) atoms. The maximum atomic E-state index is 4.90. The molecule has 0 saturated carbocycles. The highest BCUT2D eigenvalue weighted by atomic mass is 32.2. The van der Waals surface area contributed by atoms with Gasteiger partial charge >= 0.3 is 0 Å². The van der Waals surface area contributed by atoms with E-state index in [1.54, 1.807) is 0 Å². The van der Waals surface area contributed by atoms with Crippen LogP contribution in [0, 0.1) is 13.8 Å². The van der Waals surface area contributed by atoms with Gasteiger partial charge in [-0.2, -0.15) is 0 Å². The molecule has 0 radical (unpaired) electrons. The number of aryl methyl sites for hydroxylation is 2. The average Bonchev–Trinajstić information content (AvgIpc) is 2.85. The summed E-state index contributed by atoms with van der Waals surface area (Å²) in [6, 6.07) is 8.81. The summed E-state index contributed by atoms with van der Waals surface area (Å²) in [5.41, 5.74) is 2.48. The summed E-state index contributed by atoms with van der Waals surface area (Å²) in [6.45, 7) is 7.54. The number of hydrogen-bond acceptors (Lipinski definition) is 4. The van der Waals surface area contributed by atoms with Crippen LogP contribution in [0.3, 0.4) is 0 Å². The van der Waals surface area contributed by atoms with Crippen LogP contribution in [0.4, 0.5) is 0 Å². The summed E-state index contributed by atoms with van der Waals surface area (Å²) < 4.78 is 0. The van der Waals surface area contributed by atoms with Gasteiger partial charge in [0.05, 0.1) is 11.2 Å². The first kappa shape index (κ1) is 15.1. The van der Waals surface area contributed by atoms with E-state index < -0.39 is 0 Å². The Labute approximate surface area is 135 Å². The van der Waals surface area contributed by atoms with Gasteiger partial charge in [-0.1, -0.05) is 25.1 Å². The second-order valence-electron chi connectivity index (χ2n) is 5.59. The number of hydrogen-bond donors (Lipinski definition) is 1. The van der Waals surface area contributed by atoms with Crippen LogP contribution in [0.1, 0.15) is 40.9 Å². The lowest BCUT2D eigenvalue weighted by atomic mass is 9.87. The lowest BCUT2D eigenvalue weighted by Gasteiger charge is -2.38. The lowest BCUT2D eigenvalue weighted by molar-refractivity contribution is 0.378. The summed E-state index contributed by atoms with van der Waals surface area (Å²) in [6.07, 6.45) is 2.25. The van der Waals surface area contributed by atoms with Gasteiger partial charge in [-0.05, 0) is 44.9 Å². The molecule has 2 aromatic rings. The molecule has 1 aromatic heterocycles. The second-order valence-corrected chi connectivity index (χ2v) is 7.93. The van der Waals surface area contributed by atoms with Gasteiger partial charge in [-0.15, -0.1) is 23.1 Å². The molecule has 2 heterocycles. The van der Waals surface area contributed by atoms with E-state index in [9.17, 15) is 0 Å². The van der Waals surface area contributed by atoms with E-state index in [1.807, 2.05) is 23.1 Å². The Bertz CT molecular complexity index is 616. The molecule has 0 fully saturated rings. The molecule has 112 valence electrons. The normalized spacial score (nSPS) is 21.3. The van der Waals surface area contributed by atoms with Crippen LogP contribution < -0.4 is 5.32 Å². The molecule has 3 rings (SSSR count). The summed E-state index contributed by atoms with van der Waals surface area (Å²) in [7, 11) is 0. The van der Waals surface area contributed by atoms with E-state index >= 15 is 0 Å². The second kappa shape index (κ2) is 6.11. The van der Waals surface area contributed by atoms with Crippen LogP contribution in [-0.2, 0) is 5.54 Å². The summed E-state index contributed by atoms with van der Waals surface area (Å²) in [5.74, 6) is 1.14. The monoisotopic (exact) mass is 318 g/mol. The molecule has 1 aliphatic heterocycles. The molecular weight excluding hydrogens is 296 g/mol. The Balaban J connectivity index is 2.14. The zero-order chi connectivity index (χ0) is 14.9. The third-order valence-corrected chi connectivity index (χ3v) is 6.46. The highest BCUT2D eigenvalue weighted by Crippen LogP contribution is 2.45. The molecule has 4 heteroatoms. The standard InChI is InChI=1S/C17H22N2S2/c1-4-10-18-17(16-19-12(2)13(3)21-16)9-11-20-15-8-6-5-7-14(15)17/h5-8,18H,4,9-11H2,1-3H3. The molecule has 1 atom stereocenters. The van der Waals surface area contributed by atoms with Crippen LogP contribution in [0.2, 0.25) is 0 Å². The first-order valence-corrected chi connectivity index (χ1v) is 9.39. The van der Waals surface area contributed by atoms with E-state index in [2.05, 4.69) is 50.4 Å². The van der Waals surface area contributed by atoms with E-state index in [-0.39, 0.29) is 5.54 Å². The number of thiazole rings is 1. The van der Waals surface area contributed by atoms with Crippen molar-refractivity contribution in [3.63, 3.8) is 0 Å². The topological polar surface area (TPSA) is 24.9 Å². The van der Waals surface area contributed by atoms with Crippen molar-refractivity contribution in [2.75, 3.05) is 12.3 Å². The van der Waals surface area contributed by atoms with Crippen molar-refractivity contribution in [3.05, 3.63) is 45.4 Å². The number of fused-ring (bicyclic) bond motifs is 1. The van der Waals surface area contributed by atoms with E-state index in [0.717, 1.165) is 25.1 Å². The summed E-state index contributed by atoms with van der Waals surface area (Å²) >= 11 is 3.82. The van der Waals surface area contributed by atoms with Crippen LogP contribution in [0.5, 0.6) is 0 Å². The average molecular weight is 319 g/mol. The molecule has 0 amide bonds. The highest BCUT2D eigenvalue weighted by molar-refractivity contribution is 7.99. The molecule has 0 aliphatic carbocycles. The molecule has 1 aliphatic rings. The van der Waals surface area contributed by atoms with Crippen LogP contribution in [-0.4, -0.2) is 17.3 Å². The number of nitrogens with zero attached hydrogens (tertiary/aromatic N) is 1. The molecule has 1 N–H and O–H groups in total. The van der Waals surface area contributed by atoms with Gasteiger partial charge in [0.15, 0.2) is 0 Å². The third-order valence-electron chi connectivity index (χ3n) is 4.15. The fourth-order valence-corrected chi connectivity index (χ4v) is 5.19. The van der Waals surface area contributed by atoms with Gasteiger partial charge in [0.1, 0.15) is 5.01 Å². The van der Waals surface area contributed by atoms with Crippen molar-refractivity contribution in [2.45, 2.75) is 44.0 Å². The smallest absolute Gasteiger partial charge is 0.118 e. The van der Waals surface area contributed by atoms with Gasteiger partial charge in [0.25, 0.3) is 0 Å². The lowest BCUT2D eigenvalue weighted by Crippen LogP contribution is -2.46. The molecule has 0 saturated heterocycles. The number of benzene rings is 1. The zero-order valence-electron chi connectivity index (χ0n) is 12.9. The Morgan fingerprint density at radius 3 is 2.81 bits per heavy atom. The fraction of sp³-hybridized carbons (Fsp3) is 0.471. The highest BCUT2D eigenvalue weighted by Gasteiger charge is 2.40. The van der Waals surface area contributed by atoms with Gasteiger partial charge < -0.3 is 5.32 Å². The summed E-state index contributed by atoms with van der Waals surface area (Å²) in [5, 5.41) is 5.07. The van der Waals surface area contributed by atoms with Crippen molar-refractivity contribution in [2.24, 2.45) is 0 Å². The maximum Gasteiger partial charge on any atom is 0.118 e. The Kier molecular flexibility index (Phi) is 4.38. The molecular formula is C17H22N2S2. The first-order chi connectivity index (χ1) is 10.2. The predicted octanol–water partition coefficient (Wildman–Crippen LogP) is 4.50. The maximum absolute atomic E-state index is 4.90. The third kappa shape index (κ3) is 2.65. The van der Waals surface area contributed by atoms with Crippen LogP contribution in [0.15, 0.2) is 29.2 Å². The Hall–Kier alpha value is -0.840. The SMILES string of the molecule is CCCNC1(c2nc(C)c(C)s2)CCSc2ccccc21. The van der Waals surface area contributed by atoms with Crippen molar-refractivity contribution in [1.29, 1.82) is 0 Å². The molecule has 1 unspecified atom stereocenters. The number of rotatable bonds is 4. The van der Waals surface area contributed by atoms with Gasteiger partial charge in [-0.25, -0.2) is 4.98 Å². The minimum absolute atomic E-state index is 0.0957. The fourth-order valence-electron chi connectivity index (χ4n) is 2.87. The quantitative estimate of drug-likeness (QED) is 0.898. The van der Waals surface area contributed by atoms with E-state index in [0.29, 0.717) is 0 Å². The molecule has 0 spiro atoms. The van der Waals surface area contributed by atoms with E-state index in [4.69, 9.17) is 4.98 Å². The van der Waals surface area contributed by atoms with Crippen molar-refractivity contribution < 1.29 is 0 Å². The van der Waals surface area contributed by atoms with Crippen LogP contribution in [0.25, 0.3) is 0 Å². The molecule has 1 aromatic carbocycles. The zero-order valence-corrected chi connectivity index (χ0v) is 14.5. The largest absolute Gasteiger partial charge is 0.302 e. The van der Waals surface area contributed by atoms with Crippen molar-refractivity contribution >= 4 is 23.1 Å². The van der Waals surface area contributed by atoms with Gasteiger partial charge in [-0.3, -0.25) is 0 Å². The Morgan fingerprint density at radius 1 is 1.29 bits per heavy atom. The molecule has 0 bridgehead atoms. The molecule has 2 nitrogen and oxygen atoms in total. The van der Waals surface area contributed by atoms with Crippen LogP contribution >= 0.6 is 23.1 Å². The summed E-state index contributed by atoms with van der Waals surface area (Å²) in [4.78, 5) is 7.64. The number of thioether (sulfide) groups is 1. The minimum atomic E-state index is -0.0957. The van der Waals surface area contributed by atoms with Gasteiger partial charge in [0.2, 0.25) is 0 Å². The first-order valence-electron chi connectivity index (χ1n) is 7.59. The van der Waals surface area contributed by atoms with Gasteiger partial charge in [0, 0.05) is 15.5 Å². The number of aromatic nitrogens is 1. The number of nitrogens with one attached hydrogen (secondary N) is 1. The van der Waals surface area contributed by atoms with Crippen molar-refractivity contribution in [3.8, 4) is 0 Å².